The average Bonchev–Trinajstić information content (AvgIpc) is 2.49. The molecule has 1 amide bonds. The van der Waals surface area contributed by atoms with Crippen molar-refractivity contribution in [2.75, 3.05) is 30.7 Å². The molecule has 3 nitrogen and oxygen atoms in total. The predicted octanol–water partition coefficient (Wildman–Crippen LogP) is 3.39. The Morgan fingerprint density at radius 1 is 1.45 bits per heavy atom. The number of aryl methyl sites for hydroxylation is 1. The SMILES string of the molecule is CCNc1ccc(C(=O)N2CCSC(CC)C2)cc1C. The smallest absolute Gasteiger partial charge is 0.253 e. The highest BCUT2D eigenvalue weighted by Gasteiger charge is 2.24. The first-order valence-corrected chi connectivity index (χ1v) is 8.46. The van der Waals surface area contributed by atoms with Crippen molar-refractivity contribution in [2.24, 2.45) is 0 Å². The van der Waals surface area contributed by atoms with Gasteiger partial charge in [-0.25, -0.2) is 0 Å². The number of carbonyl (C=O) groups is 1. The molecule has 1 saturated heterocycles. The molecule has 0 spiro atoms. The van der Waals surface area contributed by atoms with Gasteiger partial charge in [0.05, 0.1) is 0 Å². The van der Waals surface area contributed by atoms with Crippen LogP contribution >= 0.6 is 11.8 Å². The first-order valence-electron chi connectivity index (χ1n) is 7.41. The van der Waals surface area contributed by atoms with Crippen LogP contribution in [0.2, 0.25) is 0 Å². The number of anilines is 1. The van der Waals surface area contributed by atoms with Crippen molar-refractivity contribution in [3.63, 3.8) is 0 Å². The number of nitrogens with one attached hydrogen (secondary N) is 1. The van der Waals surface area contributed by atoms with Crippen LogP contribution in [-0.2, 0) is 0 Å². The lowest BCUT2D eigenvalue weighted by molar-refractivity contribution is 0.0761. The summed E-state index contributed by atoms with van der Waals surface area (Å²) in [6.07, 6.45) is 1.13. The number of carbonyl (C=O) groups excluding carboxylic acids is 1. The van der Waals surface area contributed by atoms with E-state index in [4.69, 9.17) is 0 Å². The number of benzene rings is 1. The predicted molar refractivity (Wildman–Crippen MR) is 87.8 cm³/mol. The van der Waals surface area contributed by atoms with Gasteiger partial charge in [0.15, 0.2) is 0 Å². The Kier molecular flexibility index (Phi) is 5.35. The second kappa shape index (κ2) is 7.02. The normalized spacial score (nSPS) is 18.9. The Morgan fingerprint density at radius 2 is 2.25 bits per heavy atom. The Morgan fingerprint density at radius 3 is 2.90 bits per heavy atom. The number of amides is 1. The van der Waals surface area contributed by atoms with Crippen LogP contribution in [0.3, 0.4) is 0 Å². The molecule has 1 N–H and O–H groups in total. The monoisotopic (exact) mass is 292 g/mol. The maximum atomic E-state index is 12.6. The van der Waals surface area contributed by atoms with Crippen LogP contribution in [0.25, 0.3) is 0 Å². The van der Waals surface area contributed by atoms with E-state index >= 15 is 0 Å². The third-order valence-electron chi connectivity index (χ3n) is 3.72. The van der Waals surface area contributed by atoms with Gasteiger partial charge in [0, 0.05) is 41.9 Å². The molecule has 1 aliphatic heterocycles. The van der Waals surface area contributed by atoms with E-state index in [1.165, 1.54) is 0 Å². The summed E-state index contributed by atoms with van der Waals surface area (Å²) < 4.78 is 0. The van der Waals surface area contributed by atoms with Gasteiger partial charge in [-0.15, -0.1) is 0 Å². The molecule has 20 heavy (non-hydrogen) atoms. The molecule has 1 atom stereocenters. The van der Waals surface area contributed by atoms with Crippen LogP contribution in [0.4, 0.5) is 5.69 Å². The third-order valence-corrected chi connectivity index (χ3v) is 5.09. The van der Waals surface area contributed by atoms with Crippen LogP contribution < -0.4 is 5.32 Å². The summed E-state index contributed by atoms with van der Waals surface area (Å²) in [5.74, 6) is 1.23. The highest BCUT2D eigenvalue weighted by molar-refractivity contribution is 8.00. The van der Waals surface area contributed by atoms with Crippen molar-refractivity contribution in [3.05, 3.63) is 29.3 Å². The fourth-order valence-electron chi connectivity index (χ4n) is 2.52. The minimum atomic E-state index is 0.176. The molecule has 0 bridgehead atoms. The molecule has 1 aromatic carbocycles. The van der Waals surface area contributed by atoms with Gasteiger partial charge in [0.2, 0.25) is 0 Å². The van der Waals surface area contributed by atoms with Gasteiger partial charge in [-0.2, -0.15) is 11.8 Å². The zero-order valence-electron chi connectivity index (χ0n) is 12.6. The van der Waals surface area contributed by atoms with Crippen LogP contribution in [0.1, 0.15) is 36.2 Å². The second-order valence-corrected chi connectivity index (χ2v) is 6.62. The Labute approximate surface area is 126 Å². The molecule has 4 heteroatoms. The molecule has 1 aromatic rings. The summed E-state index contributed by atoms with van der Waals surface area (Å²) in [6.45, 7) is 8.98. The third kappa shape index (κ3) is 3.48. The molecule has 1 aliphatic rings. The molecule has 1 unspecified atom stereocenters. The quantitative estimate of drug-likeness (QED) is 0.923. The molecular weight excluding hydrogens is 268 g/mol. The summed E-state index contributed by atoms with van der Waals surface area (Å²) in [7, 11) is 0. The molecule has 0 aromatic heterocycles. The van der Waals surface area contributed by atoms with Gasteiger partial charge in [-0.3, -0.25) is 4.79 Å². The summed E-state index contributed by atoms with van der Waals surface area (Å²) in [4.78, 5) is 14.6. The van der Waals surface area contributed by atoms with Gasteiger partial charge in [-0.05, 0) is 44.0 Å². The van der Waals surface area contributed by atoms with Crippen molar-refractivity contribution < 1.29 is 4.79 Å². The van der Waals surface area contributed by atoms with Gasteiger partial charge in [0.25, 0.3) is 5.91 Å². The number of hydrogen-bond acceptors (Lipinski definition) is 3. The van der Waals surface area contributed by atoms with Gasteiger partial charge < -0.3 is 10.2 Å². The van der Waals surface area contributed by atoms with E-state index in [-0.39, 0.29) is 5.91 Å². The van der Waals surface area contributed by atoms with Gasteiger partial charge in [0.1, 0.15) is 0 Å². The first-order chi connectivity index (χ1) is 9.65. The highest BCUT2D eigenvalue weighted by atomic mass is 32.2. The number of nitrogens with zero attached hydrogens (tertiary/aromatic N) is 1. The van der Waals surface area contributed by atoms with E-state index in [1.807, 2.05) is 34.9 Å². The van der Waals surface area contributed by atoms with Crippen molar-refractivity contribution in [2.45, 2.75) is 32.4 Å². The minimum absolute atomic E-state index is 0.176. The maximum absolute atomic E-state index is 12.6. The fraction of sp³-hybridized carbons (Fsp3) is 0.562. The van der Waals surface area contributed by atoms with Crippen LogP contribution in [0.5, 0.6) is 0 Å². The highest BCUT2D eigenvalue weighted by Crippen LogP contribution is 2.23. The van der Waals surface area contributed by atoms with Crippen molar-refractivity contribution >= 4 is 23.4 Å². The minimum Gasteiger partial charge on any atom is -0.385 e. The van der Waals surface area contributed by atoms with Crippen molar-refractivity contribution in [1.82, 2.24) is 4.90 Å². The van der Waals surface area contributed by atoms with Crippen LogP contribution in [0, 0.1) is 6.92 Å². The van der Waals surface area contributed by atoms with E-state index in [0.29, 0.717) is 5.25 Å². The summed E-state index contributed by atoms with van der Waals surface area (Å²) in [6, 6.07) is 5.96. The van der Waals surface area contributed by atoms with E-state index in [2.05, 4.69) is 26.1 Å². The second-order valence-electron chi connectivity index (χ2n) is 5.21. The van der Waals surface area contributed by atoms with Crippen molar-refractivity contribution in [3.8, 4) is 0 Å². The van der Waals surface area contributed by atoms with Gasteiger partial charge >= 0.3 is 0 Å². The molecule has 1 fully saturated rings. The maximum Gasteiger partial charge on any atom is 0.253 e. The van der Waals surface area contributed by atoms with Crippen LogP contribution in [-0.4, -0.2) is 41.4 Å². The largest absolute Gasteiger partial charge is 0.385 e. The average molecular weight is 292 g/mol. The summed E-state index contributed by atoms with van der Waals surface area (Å²) in [5, 5.41) is 3.90. The van der Waals surface area contributed by atoms with Crippen molar-refractivity contribution in [1.29, 1.82) is 0 Å². The van der Waals surface area contributed by atoms with E-state index in [0.717, 1.165) is 48.6 Å². The number of hydrogen-bond donors (Lipinski definition) is 1. The zero-order chi connectivity index (χ0) is 14.5. The van der Waals surface area contributed by atoms with E-state index in [1.54, 1.807) is 0 Å². The number of rotatable bonds is 4. The Balaban J connectivity index is 2.10. The fourth-order valence-corrected chi connectivity index (χ4v) is 3.70. The van der Waals surface area contributed by atoms with E-state index in [9.17, 15) is 4.79 Å². The molecular formula is C16H24N2OS. The molecule has 110 valence electrons. The van der Waals surface area contributed by atoms with Crippen LogP contribution in [0.15, 0.2) is 18.2 Å². The molecule has 2 rings (SSSR count). The molecule has 1 heterocycles. The topological polar surface area (TPSA) is 32.3 Å². The lowest BCUT2D eigenvalue weighted by Gasteiger charge is -2.32. The molecule has 0 saturated carbocycles. The Hall–Kier alpha value is -1.16. The Bertz CT molecular complexity index is 476. The van der Waals surface area contributed by atoms with Gasteiger partial charge in [-0.1, -0.05) is 6.92 Å². The summed E-state index contributed by atoms with van der Waals surface area (Å²) >= 11 is 1.99. The standard InChI is InChI=1S/C16H24N2OS/c1-4-14-11-18(8-9-20-14)16(19)13-6-7-15(17-5-2)12(3)10-13/h6-7,10,14,17H,4-5,8-9,11H2,1-3H3. The first kappa shape index (κ1) is 15.2. The van der Waals surface area contributed by atoms with E-state index < -0.39 is 0 Å². The lowest BCUT2D eigenvalue weighted by Crippen LogP contribution is -2.41. The molecule has 0 aliphatic carbocycles. The molecule has 0 radical (unpaired) electrons. The zero-order valence-corrected chi connectivity index (χ0v) is 13.4. The lowest BCUT2D eigenvalue weighted by atomic mass is 10.1. The summed E-state index contributed by atoms with van der Waals surface area (Å²) in [5.41, 5.74) is 3.06. The number of thioether (sulfide) groups is 1.